The van der Waals surface area contributed by atoms with Crippen molar-refractivity contribution >= 4 is 11.5 Å². The Labute approximate surface area is 131 Å². The summed E-state index contributed by atoms with van der Waals surface area (Å²) in [7, 11) is 1.43. The second kappa shape index (κ2) is 6.52. The zero-order valence-corrected chi connectivity index (χ0v) is 12.4. The van der Waals surface area contributed by atoms with Crippen LogP contribution in [-0.2, 0) is 6.18 Å². The molecule has 0 aliphatic carbocycles. The number of nitrogens with zero attached hydrogens (tertiary/aromatic N) is 4. The molecule has 0 atom stereocenters. The molecular formula is C15H13F3N4O. The summed E-state index contributed by atoms with van der Waals surface area (Å²) in [6.45, 7) is 1.92. The molecule has 0 aliphatic rings. The van der Waals surface area contributed by atoms with E-state index in [9.17, 15) is 13.2 Å². The highest BCUT2D eigenvalue weighted by Crippen LogP contribution is 2.37. The summed E-state index contributed by atoms with van der Waals surface area (Å²) in [6, 6.07) is 8.01. The third-order valence-corrected chi connectivity index (χ3v) is 3.01. The molecule has 2 rings (SSSR count). The number of halogens is 3. The van der Waals surface area contributed by atoms with E-state index in [0.717, 1.165) is 0 Å². The monoisotopic (exact) mass is 322 g/mol. The quantitative estimate of drug-likeness (QED) is 0.861. The summed E-state index contributed by atoms with van der Waals surface area (Å²) in [5, 5.41) is 8.92. The maximum absolute atomic E-state index is 13.2. The Morgan fingerprint density at radius 1 is 1.35 bits per heavy atom. The fourth-order valence-corrected chi connectivity index (χ4v) is 1.92. The molecule has 8 heteroatoms. The van der Waals surface area contributed by atoms with Crippen molar-refractivity contribution in [3.63, 3.8) is 0 Å². The molecule has 0 fully saturated rings. The molecule has 0 bridgehead atoms. The van der Waals surface area contributed by atoms with Crippen LogP contribution < -0.4 is 9.64 Å². The van der Waals surface area contributed by atoms with E-state index in [4.69, 9.17) is 10.00 Å². The maximum atomic E-state index is 13.2. The highest BCUT2D eigenvalue weighted by Gasteiger charge is 2.36. The molecule has 1 aromatic heterocycles. The zero-order chi connectivity index (χ0) is 17.0. The van der Waals surface area contributed by atoms with Crippen molar-refractivity contribution in [3.8, 4) is 12.1 Å². The molecule has 0 unspecified atom stereocenters. The SMILES string of the molecule is CCOc1ncc(C(F)(F)F)c(N(C)c2cccc(C#N)c2)n1. The number of hydrogen-bond acceptors (Lipinski definition) is 5. The average molecular weight is 322 g/mol. The number of hydrogen-bond donors (Lipinski definition) is 0. The van der Waals surface area contributed by atoms with Crippen LogP contribution in [-0.4, -0.2) is 23.6 Å². The fraction of sp³-hybridized carbons (Fsp3) is 0.267. The lowest BCUT2D eigenvalue weighted by Gasteiger charge is -2.22. The Balaban J connectivity index is 2.54. The number of nitriles is 1. The third kappa shape index (κ3) is 3.69. The van der Waals surface area contributed by atoms with Gasteiger partial charge < -0.3 is 9.64 Å². The van der Waals surface area contributed by atoms with Gasteiger partial charge in [0.05, 0.1) is 18.2 Å². The standard InChI is InChI=1S/C15H13F3N4O/c1-3-23-14-20-9-12(15(16,17)18)13(21-14)22(2)11-6-4-5-10(7-11)8-19/h4-7,9H,3H2,1-2H3. The van der Waals surface area contributed by atoms with Crippen LogP contribution in [0.2, 0.25) is 0 Å². The maximum Gasteiger partial charge on any atom is 0.421 e. The second-order valence-corrected chi connectivity index (χ2v) is 4.54. The van der Waals surface area contributed by atoms with Crippen LogP contribution in [0.25, 0.3) is 0 Å². The minimum atomic E-state index is -4.61. The molecule has 2 aromatic rings. The summed E-state index contributed by atoms with van der Waals surface area (Å²) in [5.41, 5.74) is -0.247. The predicted molar refractivity (Wildman–Crippen MR) is 77.4 cm³/mol. The minimum absolute atomic E-state index is 0.140. The minimum Gasteiger partial charge on any atom is -0.464 e. The van der Waals surface area contributed by atoms with Crippen LogP contribution in [0.3, 0.4) is 0 Å². The Hall–Kier alpha value is -2.82. The molecule has 0 saturated carbocycles. The van der Waals surface area contributed by atoms with E-state index in [0.29, 0.717) is 17.4 Å². The van der Waals surface area contributed by atoms with E-state index in [1.807, 2.05) is 6.07 Å². The molecule has 120 valence electrons. The van der Waals surface area contributed by atoms with Crippen molar-refractivity contribution < 1.29 is 17.9 Å². The van der Waals surface area contributed by atoms with Gasteiger partial charge in [0.25, 0.3) is 0 Å². The van der Waals surface area contributed by atoms with Gasteiger partial charge in [-0.25, -0.2) is 4.98 Å². The number of anilines is 2. The summed E-state index contributed by atoms with van der Waals surface area (Å²) in [6.07, 6.45) is -3.92. The van der Waals surface area contributed by atoms with Crippen molar-refractivity contribution in [2.24, 2.45) is 0 Å². The van der Waals surface area contributed by atoms with Gasteiger partial charge in [0.2, 0.25) is 0 Å². The first kappa shape index (κ1) is 16.5. The molecule has 1 aromatic carbocycles. The predicted octanol–water partition coefficient (Wildman–Crippen LogP) is 3.53. The van der Waals surface area contributed by atoms with Crippen LogP contribution in [0.1, 0.15) is 18.1 Å². The Kier molecular flexibility index (Phi) is 4.69. The van der Waals surface area contributed by atoms with E-state index >= 15 is 0 Å². The lowest BCUT2D eigenvalue weighted by molar-refractivity contribution is -0.137. The van der Waals surface area contributed by atoms with E-state index in [1.165, 1.54) is 18.0 Å². The number of aromatic nitrogens is 2. The van der Waals surface area contributed by atoms with Gasteiger partial charge in [-0.15, -0.1) is 0 Å². The van der Waals surface area contributed by atoms with E-state index in [2.05, 4.69) is 9.97 Å². The van der Waals surface area contributed by atoms with E-state index in [1.54, 1.807) is 25.1 Å². The van der Waals surface area contributed by atoms with Crippen molar-refractivity contribution in [3.05, 3.63) is 41.6 Å². The molecular weight excluding hydrogens is 309 g/mol. The molecule has 0 radical (unpaired) electrons. The summed E-state index contributed by atoms with van der Waals surface area (Å²) >= 11 is 0. The molecule has 0 aliphatic heterocycles. The lowest BCUT2D eigenvalue weighted by Crippen LogP contribution is -2.19. The van der Waals surface area contributed by atoms with Crippen LogP contribution in [0.15, 0.2) is 30.5 Å². The Bertz CT molecular complexity index is 740. The second-order valence-electron chi connectivity index (χ2n) is 4.54. The zero-order valence-electron chi connectivity index (χ0n) is 12.4. The van der Waals surface area contributed by atoms with Gasteiger partial charge in [-0.2, -0.15) is 23.4 Å². The molecule has 23 heavy (non-hydrogen) atoms. The Morgan fingerprint density at radius 3 is 2.70 bits per heavy atom. The highest BCUT2D eigenvalue weighted by molar-refractivity contribution is 5.64. The van der Waals surface area contributed by atoms with E-state index < -0.39 is 11.7 Å². The highest BCUT2D eigenvalue weighted by atomic mass is 19.4. The van der Waals surface area contributed by atoms with Crippen LogP contribution in [0.5, 0.6) is 6.01 Å². The summed E-state index contributed by atoms with van der Waals surface area (Å²) in [4.78, 5) is 8.67. The van der Waals surface area contributed by atoms with Gasteiger partial charge in [0.15, 0.2) is 5.82 Å². The first-order valence-corrected chi connectivity index (χ1v) is 6.67. The molecule has 5 nitrogen and oxygen atoms in total. The first-order valence-electron chi connectivity index (χ1n) is 6.67. The van der Waals surface area contributed by atoms with Crippen LogP contribution in [0.4, 0.5) is 24.7 Å². The number of ether oxygens (including phenoxy) is 1. The van der Waals surface area contributed by atoms with Crippen LogP contribution >= 0.6 is 0 Å². The van der Waals surface area contributed by atoms with Gasteiger partial charge in [-0.3, -0.25) is 0 Å². The summed E-state index contributed by atoms with van der Waals surface area (Å²) in [5.74, 6) is -0.342. The van der Waals surface area contributed by atoms with Crippen molar-refractivity contribution in [2.45, 2.75) is 13.1 Å². The van der Waals surface area contributed by atoms with Crippen molar-refractivity contribution in [1.82, 2.24) is 9.97 Å². The van der Waals surface area contributed by atoms with Gasteiger partial charge in [0, 0.05) is 18.9 Å². The van der Waals surface area contributed by atoms with Gasteiger partial charge >= 0.3 is 12.2 Å². The summed E-state index contributed by atoms with van der Waals surface area (Å²) < 4.78 is 44.6. The largest absolute Gasteiger partial charge is 0.464 e. The molecule has 0 amide bonds. The number of benzene rings is 1. The third-order valence-electron chi connectivity index (χ3n) is 3.01. The normalized spacial score (nSPS) is 11.0. The van der Waals surface area contributed by atoms with Gasteiger partial charge in [0.1, 0.15) is 5.56 Å². The van der Waals surface area contributed by atoms with Crippen molar-refractivity contribution in [2.75, 3.05) is 18.6 Å². The Morgan fingerprint density at radius 2 is 2.09 bits per heavy atom. The smallest absolute Gasteiger partial charge is 0.421 e. The van der Waals surface area contributed by atoms with Gasteiger partial charge in [-0.1, -0.05) is 6.07 Å². The molecule has 0 N–H and O–H groups in total. The number of rotatable bonds is 4. The van der Waals surface area contributed by atoms with Gasteiger partial charge in [-0.05, 0) is 25.1 Å². The topological polar surface area (TPSA) is 62.0 Å². The molecule has 1 heterocycles. The fourth-order valence-electron chi connectivity index (χ4n) is 1.92. The first-order chi connectivity index (χ1) is 10.9. The molecule has 0 saturated heterocycles. The number of alkyl halides is 3. The lowest BCUT2D eigenvalue weighted by atomic mass is 10.2. The molecule has 0 spiro atoms. The van der Waals surface area contributed by atoms with Crippen LogP contribution in [0, 0.1) is 11.3 Å². The average Bonchev–Trinajstić information content (AvgIpc) is 2.53. The van der Waals surface area contributed by atoms with E-state index in [-0.39, 0.29) is 18.4 Å². The van der Waals surface area contributed by atoms with Crippen molar-refractivity contribution in [1.29, 1.82) is 5.26 Å².